The van der Waals surface area contributed by atoms with Gasteiger partial charge in [-0.25, -0.2) is 0 Å². The molecule has 0 aromatic rings. The van der Waals surface area contributed by atoms with Crippen LogP contribution in [0.4, 0.5) is 0 Å². The minimum Gasteiger partial charge on any atom is -0.338 e. The molecule has 1 heterocycles. The Morgan fingerprint density at radius 1 is 1.31 bits per heavy atom. The van der Waals surface area contributed by atoms with E-state index in [2.05, 4.69) is 62.1 Å². The average molecular weight is 337 g/mol. The van der Waals surface area contributed by atoms with Gasteiger partial charge in [-0.2, -0.15) is 0 Å². The molecule has 0 bridgehead atoms. The number of carbonyl (C=O) groups excluding carboxylic acids is 1. The van der Waals surface area contributed by atoms with E-state index < -0.39 is 0 Å². The van der Waals surface area contributed by atoms with E-state index in [0.717, 1.165) is 25.8 Å². The highest BCUT2D eigenvalue weighted by Crippen LogP contribution is 2.36. The van der Waals surface area contributed by atoms with Crippen LogP contribution >= 0.6 is 22.6 Å². The van der Waals surface area contributed by atoms with E-state index in [0.29, 0.717) is 11.9 Å². The van der Waals surface area contributed by atoms with Crippen molar-refractivity contribution in [1.82, 2.24) is 4.90 Å². The third kappa shape index (κ3) is 3.90. The molecule has 1 unspecified atom stereocenters. The van der Waals surface area contributed by atoms with Gasteiger partial charge in [-0.15, -0.1) is 0 Å². The zero-order chi connectivity index (χ0) is 12.6. The Labute approximate surface area is 113 Å². The average Bonchev–Trinajstić information content (AvgIpc) is 2.43. The molecule has 0 spiro atoms. The smallest absolute Gasteiger partial charge is 0.222 e. The molecule has 0 radical (unpaired) electrons. The van der Waals surface area contributed by atoms with Gasteiger partial charge in [-0.05, 0) is 32.1 Å². The number of nitrogens with zero attached hydrogens (tertiary/aromatic N) is 1. The molecular weight excluding hydrogens is 313 g/mol. The lowest BCUT2D eigenvalue weighted by molar-refractivity contribution is -0.130. The van der Waals surface area contributed by atoms with Gasteiger partial charge in [-0.1, -0.05) is 43.4 Å². The molecule has 0 aliphatic carbocycles. The van der Waals surface area contributed by atoms with Crippen molar-refractivity contribution in [2.75, 3.05) is 6.54 Å². The van der Waals surface area contributed by atoms with Gasteiger partial charge in [0.1, 0.15) is 0 Å². The number of halogens is 1. The fourth-order valence-electron chi connectivity index (χ4n) is 2.30. The highest BCUT2D eigenvalue weighted by molar-refractivity contribution is 14.1. The van der Waals surface area contributed by atoms with Crippen LogP contribution in [0.3, 0.4) is 0 Å². The van der Waals surface area contributed by atoms with Crippen molar-refractivity contribution in [3.05, 3.63) is 0 Å². The molecule has 1 rings (SSSR count). The molecule has 0 saturated carbocycles. The second-order valence-electron chi connectivity index (χ2n) is 6.54. The number of alkyl halides is 1. The van der Waals surface area contributed by atoms with Gasteiger partial charge in [-0.3, -0.25) is 4.79 Å². The lowest BCUT2D eigenvalue weighted by atomic mass is 9.83. The van der Waals surface area contributed by atoms with Crippen LogP contribution < -0.4 is 0 Å². The van der Waals surface area contributed by atoms with Crippen molar-refractivity contribution in [2.24, 2.45) is 5.41 Å². The van der Waals surface area contributed by atoms with E-state index in [1.54, 1.807) is 0 Å². The molecule has 1 fully saturated rings. The summed E-state index contributed by atoms with van der Waals surface area (Å²) in [6, 6.07) is 0.364. The van der Waals surface area contributed by atoms with Crippen LogP contribution in [0.2, 0.25) is 0 Å². The maximum atomic E-state index is 11.9. The molecular formula is C13H24INO. The van der Waals surface area contributed by atoms with Crippen LogP contribution in [0.5, 0.6) is 0 Å². The number of likely N-dealkylation sites (tertiary alicyclic amines) is 1. The van der Waals surface area contributed by atoms with Gasteiger partial charge in [0.05, 0.1) is 0 Å². The molecule has 16 heavy (non-hydrogen) atoms. The fraction of sp³-hybridized carbons (Fsp3) is 0.923. The van der Waals surface area contributed by atoms with E-state index in [-0.39, 0.29) is 8.84 Å². The van der Waals surface area contributed by atoms with Crippen LogP contribution in [0.1, 0.15) is 53.9 Å². The van der Waals surface area contributed by atoms with Crippen molar-refractivity contribution in [3.8, 4) is 0 Å². The number of carbonyl (C=O) groups is 1. The van der Waals surface area contributed by atoms with Crippen molar-refractivity contribution in [3.63, 3.8) is 0 Å². The number of hydrogen-bond acceptors (Lipinski definition) is 1. The molecule has 0 aromatic carbocycles. The third-order valence-electron chi connectivity index (χ3n) is 3.08. The first-order valence-corrected chi connectivity index (χ1v) is 7.17. The SMILES string of the molecule is CC(C)(C)CC(N1CCCC1=O)C(C)(C)I. The Morgan fingerprint density at radius 2 is 1.88 bits per heavy atom. The number of rotatable bonds is 3. The number of amides is 1. The second-order valence-corrected chi connectivity index (χ2v) is 9.32. The highest BCUT2D eigenvalue weighted by atomic mass is 127. The molecule has 0 aromatic heterocycles. The zero-order valence-electron chi connectivity index (χ0n) is 11.1. The standard InChI is InChI=1S/C13H24INO/c1-12(2,3)9-10(13(4,5)14)15-8-6-7-11(15)16/h10H,6-9H2,1-5H3. The maximum absolute atomic E-state index is 11.9. The van der Waals surface area contributed by atoms with E-state index >= 15 is 0 Å². The summed E-state index contributed by atoms with van der Waals surface area (Å²) >= 11 is 2.48. The molecule has 94 valence electrons. The summed E-state index contributed by atoms with van der Waals surface area (Å²) in [6.07, 6.45) is 2.86. The third-order valence-corrected chi connectivity index (χ3v) is 3.80. The van der Waals surface area contributed by atoms with Gasteiger partial charge in [0.25, 0.3) is 0 Å². The summed E-state index contributed by atoms with van der Waals surface area (Å²) < 4.78 is 0.144. The summed E-state index contributed by atoms with van der Waals surface area (Å²) in [5, 5.41) is 0. The predicted octanol–water partition coefficient (Wildman–Crippen LogP) is 3.63. The lowest BCUT2D eigenvalue weighted by Gasteiger charge is -2.40. The molecule has 1 aliphatic rings. The summed E-state index contributed by atoms with van der Waals surface area (Å²) in [4.78, 5) is 14.0. The first-order valence-electron chi connectivity index (χ1n) is 6.10. The van der Waals surface area contributed by atoms with E-state index in [9.17, 15) is 4.79 Å². The molecule has 3 heteroatoms. The summed E-state index contributed by atoms with van der Waals surface area (Å²) in [6.45, 7) is 12.2. The van der Waals surface area contributed by atoms with Gasteiger partial charge in [0.2, 0.25) is 5.91 Å². The van der Waals surface area contributed by atoms with Gasteiger partial charge < -0.3 is 4.90 Å². The van der Waals surface area contributed by atoms with Crippen molar-refractivity contribution >= 4 is 28.5 Å². The molecule has 1 aliphatic heterocycles. The van der Waals surface area contributed by atoms with Gasteiger partial charge >= 0.3 is 0 Å². The monoisotopic (exact) mass is 337 g/mol. The molecule has 2 nitrogen and oxygen atoms in total. The quantitative estimate of drug-likeness (QED) is 0.569. The Balaban J connectivity index is 2.83. The molecule has 1 amide bonds. The van der Waals surface area contributed by atoms with Crippen molar-refractivity contribution in [1.29, 1.82) is 0 Å². The molecule has 1 saturated heterocycles. The minimum atomic E-state index is 0.144. The second kappa shape index (κ2) is 4.83. The van der Waals surface area contributed by atoms with Crippen LogP contribution in [0.15, 0.2) is 0 Å². The van der Waals surface area contributed by atoms with Gasteiger partial charge in [0, 0.05) is 22.4 Å². The summed E-state index contributed by atoms with van der Waals surface area (Å²) in [5.74, 6) is 0.346. The van der Waals surface area contributed by atoms with Gasteiger partial charge in [0.15, 0.2) is 0 Å². The van der Waals surface area contributed by atoms with Crippen molar-refractivity contribution in [2.45, 2.75) is 63.3 Å². The predicted molar refractivity (Wildman–Crippen MR) is 76.9 cm³/mol. The zero-order valence-corrected chi connectivity index (χ0v) is 13.3. The van der Waals surface area contributed by atoms with Crippen LogP contribution in [-0.4, -0.2) is 26.8 Å². The van der Waals surface area contributed by atoms with Crippen LogP contribution in [0, 0.1) is 5.41 Å². The minimum absolute atomic E-state index is 0.144. The first kappa shape index (κ1) is 14.3. The van der Waals surface area contributed by atoms with E-state index in [1.807, 2.05) is 0 Å². The highest BCUT2D eigenvalue weighted by Gasteiger charge is 2.38. The maximum Gasteiger partial charge on any atom is 0.222 e. The molecule has 1 atom stereocenters. The normalized spacial score (nSPS) is 20.4. The topological polar surface area (TPSA) is 20.3 Å². The summed E-state index contributed by atoms with van der Waals surface area (Å²) in [5.41, 5.74) is 0.274. The van der Waals surface area contributed by atoms with E-state index in [1.165, 1.54) is 0 Å². The van der Waals surface area contributed by atoms with E-state index in [4.69, 9.17) is 0 Å². The lowest BCUT2D eigenvalue weighted by Crippen LogP contribution is -2.48. The summed E-state index contributed by atoms with van der Waals surface area (Å²) in [7, 11) is 0. The number of hydrogen-bond donors (Lipinski definition) is 0. The Bertz CT molecular complexity index is 262. The first-order chi connectivity index (χ1) is 7.11. The molecule has 0 N–H and O–H groups in total. The van der Waals surface area contributed by atoms with Crippen LogP contribution in [0.25, 0.3) is 0 Å². The Kier molecular flexibility index (Phi) is 4.30. The van der Waals surface area contributed by atoms with Crippen LogP contribution in [-0.2, 0) is 4.79 Å². The Morgan fingerprint density at radius 3 is 2.19 bits per heavy atom. The largest absolute Gasteiger partial charge is 0.338 e. The van der Waals surface area contributed by atoms with Crippen molar-refractivity contribution < 1.29 is 4.79 Å². The Hall–Kier alpha value is 0.200. The fourth-order valence-corrected chi connectivity index (χ4v) is 2.86.